The van der Waals surface area contributed by atoms with Gasteiger partial charge in [-0.15, -0.1) is 0 Å². The molecule has 0 radical (unpaired) electrons. The lowest BCUT2D eigenvalue weighted by Gasteiger charge is -2.14. The van der Waals surface area contributed by atoms with E-state index in [2.05, 4.69) is 5.32 Å². The Labute approximate surface area is 127 Å². The van der Waals surface area contributed by atoms with E-state index in [-0.39, 0.29) is 6.10 Å². The molecule has 0 unspecified atom stereocenters. The number of rotatable bonds is 11. The summed E-state index contributed by atoms with van der Waals surface area (Å²) in [6, 6.07) is 5.79. The number of nitrogens with one attached hydrogen (secondary N) is 1. The van der Waals surface area contributed by atoms with Gasteiger partial charge in [-0.2, -0.15) is 0 Å². The van der Waals surface area contributed by atoms with E-state index in [4.69, 9.17) is 19.9 Å². The van der Waals surface area contributed by atoms with Gasteiger partial charge in [-0.05, 0) is 38.8 Å². The predicted molar refractivity (Wildman–Crippen MR) is 87.0 cm³/mol. The maximum absolute atomic E-state index is 5.89. The van der Waals surface area contributed by atoms with Gasteiger partial charge in [0, 0.05) is 32.0 Å². The van der Waals surface area contributed by atoms with Gasteiger partial charge in [0.05, 0.1) is 25.0 Å². The molecule has 0 aliphatic heterocycles. The van der Waals surface area contributed by atoms with Crippen molar-refractivity contribution >= 4 is 11.4 Å². The summed E-state index contributed by atoms with van der Waals surface area (Å²) < 4.78 is 16.0. The van der Waals surface area contributed by atoms with Gasteiger partial charge >= 0.3 is 0 Å². The minimum atomic E-state index is 0.117. The van der Waals surface area contributed by atoms with Crippen LogP contribution in [0, 0.1) is 0 Å². The third-order valence-electron chi connectivity index (χ3n) is 2.85. The van der Waals surface area contributed by atoms with E-state index in [1.807, 2.05) is 32.0 Å². The lowest BCUT2D eigenvalue weighted by Crippen LogP contribution is -2.09. The van der Waals surface area contributed by atoms with Gasteiger partial charge in [-0.1, -0.05) is 0 Å². The third kappa shape index (κ3) is 7.78. The van der Waals surface area contributed by atoms with Gasteiger partial charge in [0.2, 0.25) is 0 Å². The summed E-state index contributed by atoms with van der Waals surface area (Å²) >= 11 is 0. The van der Waals surface area contributed by atoms with Crippen LogP contribution in [0.3, 0.4) is 0 Å². The minimum absolute atomic E-state index is 0.117. The van der Waals surface area contributed by atoms with E-state index in [0.717, 1.165) is 37.4 Å². The molecule has 0 bridgehead atoms. The highest BCUT2D eigenvalue weighted by Gasteiger charge is 2.04. The number of anilines is 2. The van der Waals surface area contributed by atoms with Crippen molar-refractivity contribution in [1.29, 1.82) is 0 Å². The molecule has 0 fully saturated rings. The van der Waals surface area contributed by atoms with Gasteiger partial charge in [-0.3, -0.25) is 0 Å². The lowest BCUT2D eigenvalue weighted by molar-refractivity contribution is 0.0691. The average Bonchev–Trinajstić information content (AvgIpc) is 2.44. The Balaban J connectivity index is 2.23. The Hall–Kier alpha value is -1.46. The maximum atomic E-state index is 5.89. The summed E-state index contributed by atoms with van der Waals surface area (Å²) in [5.74, 6) is 0.734. The number of unbranched alkanes of at least 4 members (excludes halogenated alkanes) is 1. The number of hydrogen-bond acceptors (Lipinski definition) is 5. The number of nitrogen functional groups attached to an aromatic ring is 1. The maximum Gasteiger partial charge on any atom is 0.144 e. The first kappa shape index (κ1) is 17.6. The van der Waals surface area contributed by atoms with Crippen molar-refractivity contribution in [2.24, 2.45) is 0 Å². The van der Waals surface area contributed by atoms with Crippen molar-refractivity contribution in [3.05, 3.63) is 18.2 Å². The van der Waals surface area contributed by atoms with Gasteiger partial charge < -0.3 is 25.3 Å². The van der Waals surface area contributed by atoms with Crippen molar-refractivity contribution in [2.75, 3.05) is 44.5 Å². The number of hydrogen-bond donors (Lipinski definition) is 2. The Morgan fingerprint density at radius 2 is 1.95 bits per heavy atom. The van der Waals surface area contributed by atoms with E-state index in [1.54, 1.807) is 7.11 Å². The second-order valence-electron chi connectivity index (χ2n) is 5.16. The molecule has 5 nitrogen and oxygen atoms in total. The van der Waals surface area contributed by atoms with Crippen LogP contribution in [0.2, 0.25) is 0 Å². The van der Waals surface area contributed by atoms with E-state index in [1.165, 1.54) is 0 Å². The highest BCUT2D eigenvalue weighted by Crippen LogP contribution is 2.26. The molecule has 0 aliphatic carbocycles. The lowest BCUT2D eigenvalue weighted by atomic mass is 10.2. The predicted octanol–water partition coefficient (Wildman–Crippen LogP) is 2.91. The van der Waals surface area contributed by atoms with Gasteiger partial charge in [0.1, 0.15) is 5.75 Å². The van der Waals surface area contributed by atoms with Gasteiger partial charge in [0.15, 0.2) is 0 Å². The van der Waals surface area contributed by atoms with Crippen molar-refractivity contribution in [1.82, 2.24) is 0 Å². The summed E-state index contributed by atoms with van der Waals surface area (Å²) in [7, 11) is 1.68. The standard InChI is InChI=1S/C16H28N2O3/c1-13(2)21-16-12-14(6-7-15(16)17)18-8-4-5-9-20-11-10-19-3/h6-7,12-13,18H,4-5,8-11,17H2,1-3H3. The van der Waals surface area contributed by atoms with E-state index in [0.29, 0.717) is 18.9 Å². The zero-order valence-corrected chi connectivity index (χ0v) is 13.4. The average molecular weight is 296 g/mol. The molecule has 0 atom stereocenters. The van der Waals surface area contributed by atoms with Crippen LogP contribution < -0.4 is 15.8 Å². The zero-order chi connectivity index (χ0) is 15.5. The molecule has 0 aliphatic rings. The summed E-state index contributed by atoms with van der Waals surface area (Å²) in [5.41, 5.74) is 7.59. The Kier molecular flexibility index (Phi) is 8.62. The first-order chi connectivity index (χ1) is 10.1. The normalized spacial score (nSPS) is 10.9. The molecular weight excluding hydrogens is 268 g/mol. The van der Waals surface area contributed by atoms with E-state index >= 15 is 0 Å². The number of benzene rings is 1. The fourth-order valence-corrected chi connectivity index (χ4v) is 1.81. The molecule has 1 aromatic carbocycles. The van der Waals surface area contributed by atoms with Crippen LogP contribution in [0.25, 0.3) is 0 Å². The molecule has 0 saturated carbocycles. The van der Waals surface area contributed by atoms with Crippen LogP contribution in [-0.2, 0) is 9.47 Å². The summed E-state index contributed by atoms with van der Waals surface area (Å²) in [5, 5.41) is 3.37. The third-order valence-corrected chi connectivity index (χ3v) is 2.85. The van der Waals surface area contributed by atoms with Crippen molar-refractivity contribution in [2.45, 2.75) is 32.8 Å². The topological polar surface area (TPSA) is 65.7 Å². The monoisotopic (exact) mass is 296 g/mol. The van der Waals surface area contributed by atoms with Crippen LogP contribution in [-0.4, -0.2) is 39.6 Å². The number of methoxy groups -OCH3 is 1. The van der Waals surface area contributed by atoms with E-state index in [9.17, 15) is 0 Å². The van der Waals surface area contributed by atoms with Crippen LogP contribution in [0.15, 0.2) is 18.2 Å². The largest absolute Gasteiger partial charge is 0.489 e. The van der Waals surface area contributed by atoms with E-state index < -0.39 is 0 Å². The van der Waals surface area contributed by atoms with Crippen molar-refractivity contribution < 1.29 is 14.2 Å². The first-order valence-corrected chi connectivity index (χ1v) is 7.50. The minimum Gasteiger partial charge on any atom is -0.489 e. The number of ether oxygens (including phenoxy) is 3. The second kappa shape index (κ2) is 10.3. The van der Waals surface area contributed by atoms with Gasteiger partial charge in [-0.25, -0.2) is 0 Å². The Morgan fingerprint density at radius 1 is 1.14 bits per heavy atom. The molecule has 0 saturated heterocycles. The summed E-state index contributed by atoms with van der Waals surface area (Å²) in [6.07, 6.45) is 2.20. The van der Waals surface area contributed by atoms with Gasteiger partial charge in [0.25, 0.3) is 0 Å². The molecule has 3 N–H and O–H groups in total. The molecule has 0 spiro atoms. The van der Waals surface area contributed by atoms with Crippen LogP contribution >= 0.6 is 0 Å². The molecule has 0 heterocycles. The first-order valence-electron chi connectivity index (χ1n) is 7.50. The van der Waals surface area contributed by atoms with Crippen molar-refractivity contribution in [3.63, 3.8) is 0 Å². The van der Waals surface area contributed by atoms with Crippen LogP contribution in [0.4, 0.5) is 11.4 Å². The SMILES string of the molecule is COCCOCCCCNc1ccc(N)c(OC(C)C)c1. The highest BCUT2D eigenvalue weighted by atomic mass is 16.5. The molecule has 1 aromatic rings. The molecular formula is C16H28N2O3. The molecule has 120 valence electrons. The quantitative estimate of drug-likeness (QED) is 0.485. The fraction of sp³-hybridized carbons (Fsp3) is 0.625. The summed E-state index contributed by atoms with van der Waals surface area (Å²) in [4.78, 5) is 0. The number of nitrogens with two attached hydrogens (primary N) is 1. The molecule has 5 heteroatoms. The molecule has 21 heavy (non-hydrogen) atoms. The van der Waals surface area contributed by atoms with Crippen LogP contribution in [0.5, 0.6) is 5.75 Å². The molecule has 1 rings (SSSR count). The Morgan fingerprint density at radius 3 is 2.67 bits per heavy atom. The molecule has 0 amide bonds. The fourth-order valence-electron chi connectivity index (χ4n) is 1.81. The van der Waals surface area contributed by atoms with Crippen LogP contribution in [0.1, 0.15) is 26.7 Å². The second-order valence-corrected chi connectivity index (χ2v) is 5.16. The zero-order valence-electron chi connectivity index (χ0n) is 13.4. The Bertz CT molecular complexity index is 397. The smallest absolute Gasteiger partial charge is 0.144 e. The summed E-state index contributed by atoms with van der Waals surface area (Å²) in [6.45, 7) is 6.97. The highest BCUT2D eigenvalue weighted by molar-refractivity contribution is 5.61. The molecule has 0 aromatic heterocycles. The van der Waals surface area contributed by atoms with Crippen molar-refractivity contribution in [3.8, 4) is 5.75 Å².